The minimum Gasteiger partial charge on any atom is -0.309 e. The normalized spacial score (nSPS) is 11.6. The Morgan fingerprint density at radius 3 is 0.856 bits per heavy atom. The van der Waals surface area contributed by atoms with Crippen molar-refractivity contribution in [2.75, 3.05) is 0 Å². The lowest BCUT2D eigenvalue weighted by molar-refractivity contribution is -0.858. The van der Waals surface area contributed by atoms with E-state index in [9.17, 15) is 0 Å². The van der Waals surface area contributed by atoms with Crippen molar-refractivity contribution in [1.29, 1.82) is 0 Å². The number of aromatic nitrogens is 9. The van der Waals surface area contributed by atoms with Gasteiger partial charge in [0, 0.05) is 113 Å². The van der Waals surface area contributed by atoms with Crippen LogP contribution in [0.25, 0.3) is 227 Å². The fourth-order valence-corrected chi connectivity index (χ4v) is 19.8. The number of benzene rings is 20. The molecule has 0 fully saturated rings. The van der Waals surface area contributed by atoms with E-state index >= 15 is 0 Å². The number of nitrogens with zero attached hydrogens (tertiary/aromatic N) is 9. The molecule has 6 heterocycles. The maximum absolute atomic E-state index is 5.23. The molecule has 6 aromatic heterocycles. The molecule has 132 heavy (non-hydrogen) atoms. The SMILES string of the molecule is c1ccc(-c2ccc(-[n+]3c[n+](-c4ccc(-c5ccccc5)cc4)c[n+](-c4cccc(-n5c6ccccc6c6cc(-c7ccc8c(c7)c7ccccc7n8-c7ccccc7)ccc65)c4)c3)cc2)cc1.c1ccc(-n2c3ccccc3c3cc(-c4ccc5c(c4)c4ccccc4n5-c4ccc(-c5cc(-c6ccc7ccccc7c6)nc(-c6ccc7ccccc7c6)n5)cc4)ccc32)cc1. The second kappa shape index (κ2) is 32.3. The van der Waals surface area contributed by atoms with Crippen molar-refractivity contribution in [3.05, 3.63) is 498 Å². The van der Waals surface area contributed by atoms with Crippen LogP contribution < -0.4 is 13.7 Å². The quantitative estimate of drug-likeness (QED) is 0.102. The second-order valence-corrected chi connectivity index (χ2v) is 34.1. The first-order valence-corrected chi connectivity index (χ1v) is 44.9. The van der Waals surface area contributed by atoms with Crippen LogP contribution in [0.3, 0.4) is 0 Å². The molecular formula is C123H82N9+3. The Morgan fingerprint density at radius 1 is 0.152 bits per heavy atom. The zero-order valence-corrected chi connectivity index (χ0v) is 71.9. The summed E-state index contributed by atoms with van der Waals surface area (Å²) in [5.41, 5.74) is 31.5. The first-order valence-electron chi connectivity index (χ1n) is 44.9. The maximum Gasteiger partial charge on any atom is 0.428 e. The maximum atomic E-state index is 5.23. The molecule has 9 nitrogen and oxygen atoms in total. The Labute approximate surface area is 762 Å². The number of rotatable bonds is 14. The van der Waals surface area contributed by atoms with Crippen molar-refractivity contribution >= 4 is 109 Å². The van der Waals surface area contributed by atoms with E-state index in [4.69, 9.17) is 9.97 Å². The average Bonchev–Trinajstić information content (AvgIpc) is 1.59. The van der Waals surface area contributed by atoms with E-state index in [-0.39, 0.29) is 0 Å². The Kier molecular flexibility index (Phi) is 18.7. The van der Waals surface area contributed by atoms with Crippen molar-refractivity contribution in [1.82, 2.24) is 28.2 Å². The smallest absolute Gasteiger partial charge is 0.309 e. The molecule has 0 radical (unpaired) electrons. The van der Waals surface area contributed by atoms with E-state index in [1.165, 1.54) is 142 Å². The molecule has 26 rings (SSSR count). The van der Waals surface area contributed by atoms with Crippen molar-refractivity contribution in [3.63, 3.8) is 0 Å². The van der Waals surface area contributed by atoms with Gasteiger partial charge < -0.3 is 18.3 Å². The molecule has 0 bridgehead atoms. The van der Waals surface area contributed by atoms with Gasteiger partial charge in [-0.25, -0.2) is 9.97 Å². The highest BCUT2D eigenvalue weighted by molar-refractivity contribution is 6.15. The largest absolute Gasteiger partial charge is 0.428 e. The summed E-state index contributed by atoms with van der Waals surface area (Å²) in [4.78, 5) is 10.4. The summed E-state index contributed by atoms with van der Waals surface area (Å²) in [6.45, 7) is 0. The summed E-state index contributed by atoms with van der Waals surface area (Å²) in [6, 6.07) is 172. The predicted molar refractivity (Wildman–Crippen MR) is 543 cm³/mol. The summed E-state index contributed by atoms with van der Waals surface area (Å²) < 4.78 is 16.2. The molecular weight excluding hydrogens is 1600 g/mol. The molecule has 0 amide bonds. The van der Waals surface area contributed by atoms with E-state index in [1.807, 2.05) is 0 Å². The predicted octanol–water partition coefficient (Wildman–Crippen LogP) is 29.4. The van der Waals surface area contributed by atoms with Gasteiger partial charge in [0.2, 0.25) is 17.1 Å². The van der Waals surface area contributed by atoms with E-state index < -0.39 is 0 Å². The van der Waals surface area contributed by atoms with Gasteiger partial charge in [0.05, 0.1) is 61.2 Å². The van der Waals surface area contributed by atoms with Crippen LogP contribution >= 0.6 is 0 Å². The van der Waals surface area contributed by atoms with Gasteiger partial charge in [0.15, 0.2) is 5.82 Å². The summed E-state index contributed by atoms with van der Waals surface area (Å²) in [7, 11) is 0. The minimum atomic E-state index is 0.704. The van der Waals surface area contributed by atoms with Gasteiger partial charge in [0.25, 0.3) is 0 Å². The van der Waals surface area contributed by atoms with Crippen LogP contribution in [-0.4, -0.2) is 28.2 Å². The van der Waals surface area contributed by atoms with Gasteiger partial charge in [-0.2, -0.15) is 0 Å². The third-order valence-corrected chi connectivity index (χ3v) is 26.3. The van der Waals surface area contributed by atoms with Gasteiger partial charge in [-0.15, -0.1) is 0 Å². The lowest BCUT2D eigenvalue weighted by Crippen LogP contribution is -2.55. The molecule has 9 heteroatoms. The molecule has 0 N–H and O–H groups in total. The number of fused-ring (bicyclic) bond motifs is 14. The number of hydrogen-bond donors (Lipinski definition) is 0. The minimum absolute atomic E-state index is 0.704. The highest BCUT2D eigenvalue weighted by Crippen LogP contribution is 2.43. The average molecular weight is 1690 g/mol. The Balaban J connectivity index is 0.000000142. The first kappa shape index (κ1) is 76.6. The van der Waals surface area contributed by atoms with Crippen molar-refractivity contribution in [3.8, 4) is 118 Å². The summed E-state index contributed by atoms with van der Waals surface area (Å²) in [5, 5.41) is 14.6. The van der Waals surface area contributed by atoms with E-state index in [0.717, 1.165) is 78.8 Å². The van der Waals surface area contributed by atoms with Gasteiger partial charge in [-0.05, 0) is 224 Å². The van der Waals surface area contributed by atoms with Crippen molar-refractivity contribution < 1.29 is 13.7 Å². The molecule has 0 saturated heterocycles. The zero-order chi connectivity index (χ0) is 87.1. The molecule has 616 valence electrons. The van der Waals surface area contributed by atoms with Crippen LogP contribution in [0.15, 0.2) is 498 Å². The molecule has 0 atom stereocenters. The van der Waals surface area contributed by atoms with Crippen LogP contribution in [0, 0.1) is 0 Å². The van der Waals surface area contributed by atoms with Crippen LogP contribution in [0.2, 0.25) is 0 Å². The molecule has 0 aliphatic rings. The zero-order valence-electron chi connectivity index (χ0n) is 71.9. The molecule has 0 unspecified atom stereocenters. The molecule has 0 spiro atoms. The fourth-order valence-electron chi connectivity index (χ4n) is 19.8. The van der Waals surface area contributed by atoms with E-state index in [1.54, 1.807) is 0 Å². The van der Waals surface area contributed by atoms with Gasteiger partial charge >= 0.3 is 19.0 Å². The monoisotopic (exact) mass is 1680 g/mol. The summed E-state index contributed by atoms with van der Waals surface area (Å²) in [5.74, 6) is 0.704. The standard InChI is InChI=1S/C63H44N5.C60H38N4/c1-4-15-45(16-5-1)47-27-33-51(34-28-47)64-42-65(52-35-29-48(30-36-52)46-17-6-2-7-18-46)44-66(43-64)54-21-14-22-55(41-54)68-61-26-13-11-24-57(61)59-40-50(32-38-63(59)68)49-31-37-62-58(39-49)56-23-10-12-25-60(56)67(62)53-19-8-3-9-20-53;1-2-16-48(17-3-1)63-56-20-10-8-18-50(56)52-36-44(28-32-58(52)63)45-29-33-59-53(37-45)51-19-9-11-21-57(51)64(59)49-30-26-41(27-31-49)54-38-55(46-24-22-39-12-4-6-14-42(39)34-46)62-60(61-54)47-25-23-40-13-5-7-15-43(40)35-47/h1-44H;1-38H/q+3;. The van der Waals surface area contributed by atoms with Gasteiger partial charge in [-0.3, -0.25) is 0 Å². The number of hydrogen-bond acceptors (Lipinski definition) is 2. The third kappa shape index (κ3) is 13.7. The molecule has 0 aliphatic heterocycles. The van der Waals surface area contributed by atoms with Crippen molar-refractivity contribution in [2.45, 2.75) is 0 Å². The molecule has 0 aliphatic carbocycles. The highest BCUT2D eigenvalue weighted by Gasteiger charge is 2.28. The molecule has 26 aromatic rings. The van der Waals surface area contributed by atoms with Gasteiger partial charge in [0.1, 0.15) is 0 Å². The Morgan fingerprint density at radius 2 is 0.439 bits per heavy atom. The Bertz CT molecular complexity index is 8790. The number of para-hydroxylation sites is 6. The van der Waals surface area contributed by atoms with Crippen LogP contribution in [0.5, 0.6) is 0 Å². The molecule has 20 aromatic carbocycles. The topological polar surface area (TPSA) is 57.1 Å². The molecule has 0 saturated carbocycles. The van der Waals surface area contributed by atoms with Crippen LogP contribution in [0.1, 0.15) is 0 Å². The van der Waals surface area contributed by atoms with Crippen LogP contribution in [-0.2, 0) is 0 Å². The lowest BCUT2D eigenvalue weighted by atomic mass is 10.0. The first-order chi connectivity index (χ1) is 65.4. The van der Waals surface area contributed by atoms with Gasteiger partial charge in [-0.1, -0.05) is 299 Å². The van der Waals surface area contributed by atoms with E-state index in [2.05, 4.69) is 530 Å². The van der Waals surface area contributed by atoms with E-state index in [0.29, 0.717) is 5.82 Å². The summed E-state index contributed by atoms with van der Waals surface area (Å²) in [6.07, 6.45) is 6.48. The third-order valence-electron chi connectivity index (χ3n) is 26.3. The lowest BCUT2D eigenvalue weighted by Gasteiger charge is -2.12. The fraction of sp³-hybridized carbons (Fsp3) is 0. The summed E-state index contributed by atoms with van der Waals surface area (Å²) >= 11 is 0. The van der Waals surface area contributed by atoms with Crippen molar-refractivity contribution in [2.24, 2.45) is 0 Å². The van der Waals surface area contributed by atoms with Crippen LogP contribution in [0.4, 0.5) is 0 Å². The Hall–Kier alpha value is -17.8. The highest BCUT2D eigenvalue weighted by atomic mass is 15.2. The second-order valence-electron chi connectivity index (χ2n) is 34.1.